The maximum Gasteiger partial charge on any atom is 0.114 e. The lowest BCUT2D eigenvalue weighted by atomic mass is 9.78. The van der Waals surface area contributed by atoms with Crippen LogP contribution in [0.2, 0.25) is 0 Å². The minimum Gasteiger partial charge on any atom is -0.326 e. The van der Waals surface area contributed by atoms with Crippen molar-refractivity contribution in [3.05, 3.63) is 34.4 Å². The summed E-state index contributed by atoms with van der Waals surface area (Å²) in [5, 5.41) is 1.31. The summed E-state index contributed by atoms with van der Waals surface area (Å²) >= 11 is 3.63. The highest BCUT2D eigenvalue weighted by Crippen LogP contribution is 2.54. The Kier molecular flexibility index (Phi) is 2.35. The standard InChI is InChI=1S/C17H16BrN3/c18-11-3-4-13-12(9-11)15-14(10-20-13)21-8-7-19-16(21)17(15)5-1-2-6-17/h3-4,9-10H,1-2,5-8H2. The second kappa shape index (κ2) is 4.07. The lowest BCUT2D eigenvalue weighted by Gasteiger charge is -2.25. The van der Waals surface area contributed by atoms with Gasteiger partial charge in [-0.15, -0.1) is 0 Å². The number of hydrogen-bond acceptors (Lipinski definition) is 3. The van der Waals surface area contributed by atoms with Crippen LogP contribution in [0, 0.1) is 0 Å². The number of aliphatic imine (C=N–C) groups is 1. The van der Waals surface area contributed by atoms with E-state index in [9.17, 15) is 0 Å². The summed E-state index contributed by atoms with van der Waals surface area (Å²) in [5.74, 6) is 1.32. The van der Waals surface area contributed by atoms with Crippen LogP contribution in [-0.2, 0) is 5.41 Å². The zero-order valence-corrected chi connectivity index (χ0v) is 13.4. The van der Waals surface area contributed by atoms with Crippen molar-refractivity contribution in [3.63, 3.8) is 0 Å². The molecule has 4 heteroatoms. The first kappa shape index (κ1) is 12.2. The van der Waals surface area contributed by atoms with Gasteiger partial charge >= 0.3 is 0 Å². The second-order valence-corrected chi connectivity index (χ2v) is 7.24. The third-order valence-electron chi connectivity index (χ3n) is 5.31. The molecule has 0 amide bonds. The molecule has 0 bridgehead atoms. The van der Waals surface area contributed by atoms with Gasteiger partial charge in [-0.2, -0.15) is 0 Å². The maximum absolute atomic E-state index is 4.88. The zero-order valence-electron chi connectivity index (χ0n) is 11.8. The third kappa shape index (κ3) is 1.44. The Labute approximate surface area is 132 Å². The fraction of sp³-hybridized carbons (Fsp3) is 0.412. The summed E-state index contributed by atoms with van der Waals surface area (Å²) in [7, 11) is 0. The van der Waals surface area contributed by atoms with Crippen molar-refractivity contribution in [2.45, 2.75) is 31.1 Å². The molecule has 106 valence electrons. The Balaban J connectivity index is 1.90. The monoisotopic (exact) mass is 341 g/mol. The molecule has 0 saturated heterocycles. The van der Waals surface area contributed by atoms with Gasteiger partial charge in [-0.05, 0) is 31.0 Å². The van der Waals surface area contributed by atoms with E-state index >= 15 is 0 Å². The van der Waals surface area contributed by atoms with E-state index in [-0.39, 0.29) is 5.41 Å². The fourth-order valence-corrected chi connectivity index (χ4v) is 4.88. The van der Waals surface area contributed by atoms with Crippen molar-refractivity contribution in [1.29, 1.82) is 0 Å². The van der Waals surface area contributed by atoms with E-state index in [1.807, 2.05) is 0 Å². The predicted octanol–water partition coefficient (Wildman–Crippen LogP) is 4.04. The van der Waals surface area contributed by atoms with Crippen LogP contribution in [0.25, 0.3) is 10.9 Å². The molecular weight excluding hydrogens is 326 g/mol. The molecule has 5 rings (SSSR count). The van der Waals surface area contributed by atoms with Gasteiger partial charge in [0.15, 0.2) is 0 Å². The lowest BCUT2D eigenvalue weighted by molar-refractivity contribution is 0.615. The van der Waals surface area contributed by atoms with Crippen molar-refractivity contribution in [3.8, 4) is 0 Å². The molecule has 1 aliphatic carbocycles. The Morgan fingerprint density at radius 3 is 2.90 bits per heavy atom. The molecule has 2 aliphatic heterocycles. The van der Waals surface area contributed by atoms with Gasteiger partial charge in [-0.3, -0.25) is 9.98 Å². The molecule has 1 aromatic carbocycles. The summed E-state index contributed by atoms with van der Waals surface area (Å²) in [6.45, 7) is 1.96. The van der Waals surface area contributed by atoms with E-state index in [4.69, 9.17) is 9.98 Å². The smallest absolute Gasteiger partial charge is 0.114 e. The summed E-state index contributed by atoms with van der Waals surface area (Å²) in [5.41, 5.74) is 4.06. The zero-order chi connectivity index (χ0) is 14.0. The molecule has 1 aromatic heterocycles. The average Bonchev–Trinajstić information content (AvgIpc) is 3.19. The van der Waals surface area contributed by atoms with Crippen LogP contribution >= 0.6 is 15.9 Å². The molecule has 2 aromatic rings. The molecule has 3 nitrogen and oxygen atoms in total. The molecule has 21 heavy (non-hydrogen) atoms. The Morgan fingerprint density at radius 2 is 2.05 bits per heavy atom. The van der Waals surface area contributed by atoms with E-state index in [0.29, 0.717) is 0 Å². The third-order valence-corrected chi connectivity index (χ3v) is 5.80. The van der Waals surface area contributed by atoms with Gasteiger partial charge in [0.1, 0.15) is 5.84 Å². The van der Waals surface area contributed by atoms with Gasteiger partial charge in [-0.1, -0.05) is 28.8 Å². The number of benzene rings is 1. The largest absolute Gasteiger partial charge is 0.326 e. The Hall–Kier alpha value is -1.42. The van der Waals surface area contributed by atoms with Crippen LogP contribution in [-0.4, -0.2) is 23.9 Å². The lowest BCUT2D eigenvalue weighted by Crippen LogP contribution is -2.35. The molecule has 0 unspecified atom stereocenters. The van der Waals surface area contributed by atoms with E-state index in [0.717, 1.165) is 23.1 Å². The van der Waals surface area contributed by atoms with Gasteiger partial charge in [0.05, 0.1) is 29.4 Å². The van der Waals surface area contributed by atoms with Gasteiger partial charge < -0.3 is 4.90 Å². The first-order valence-electron chi connectivity index (χ1n) is 7.71. The topological polar surface area (TPSA) is 28.5 Å². The number of pyridine rings is 1. The van der Waals surface area contributed by atoms with Gasteiger partial charge in [0.25, 0.3) is 0 Å². The Morgan fingerprint density at radius 1 is 1.19 bits per heavy atom. The first-order valence-corrected chi connectivity index (χ1v) is 8.50. The number of rotatable bonds is 0. The quantitative estimate of drug-likeness (QED) is 0.723. The number of hydrogen-bond donors (Lipinski definition) is 0. The van der Waals surface area contributed by atoms with Crippen molar-refractivity contribution in [2.75, 3.05) is 18.0 Å². The number of aromatic nitrogens is 1. The number of fused-ring (bicyclic) bond motifs is 7. The normalized spacial score (nSPS) is 22.0. The number of anilines is 1. The number of nitrogens with zero attached hydrogens (tertiary/aromatic N) is 3. The van der Waals surface area contributed by atoms with E-state index in [1.165, 1.54) is 48.2 Å². The van der Waals surface area contributed by atoms with E-state index in [1.54, 1.807) is 0 Å². The minimum atomic E-state index is 0.161. The van der Waals surface area contributed by atoms with Crippen molar-refractivity contribution in [2.24, 2.45) is 4.99 Å². The molecule has 1 spiro atoms. The molecule has 1 saturated carbocycles. The minimum absolute atomic E-state index is 0.161. The van der Waals surface area contributed by atoms with Gasteiger partial charge in [-0.25, -0.2) is 0 Å². The summed E-state index contributed by atoms with van der Waals surface area (Å²) in [4.78, 5) is 12.0. The van der Waals surface area contributed by atoms with Crippen LogP contribution in [0.5, 0.6) is 0 Å². The SMILES string of the molecule is Brc1ccc2ncc3c(c2c1)C1(CCCC1)C1=NCCN13. The predicted molar refractivity (Wildman–Crippen MR) is 89.2 cm³/mol. The highest BCUT2D eigenvalue weighted by molar-refractivity contribution is 9.10. The van der Waals surface area contributed by atoms with Crippen LogP contribution in [0.1, 0.15) is 31.2 Å². The molecule has 1 fully saturated rings. The van der Waals surface area contributed by atoms with Gasteiger partial charge in [0.2, 0.25) is 0 Å². The van der Waals surface area contributed by atoms with Crippen LogP contribution in [0.15, 0.2) is 33.9 Å². The summed E-state index contributed by atoms with van der Waals surface area (Å²) in [6.07, 6.45) is 7.16. The van der Waals surface area contributed by atoms with Crippen LogP contribution in [0.4, 0.5) is 5.69 Å². The average molecular weight is 342 g/mol. The molecular formula is C17H16BrN3. The van der Waals surface area contributed by atoms with Crippen molar-refractivity contribution < 1.29 is 0 Å². The number of amidine groups is 1. The van der Waals surface area contributed by atoms with Crippen LogP contribution < -0.4 is 4.90 Å². The van der Waals surface area contributed by atoms with Crippen molar-refractivity contribution >= 4 is 38.4 Å². The molecule has 3 aliphatic rings. The van der Waals surface area contributed by atoms with Crippen LogP contribution in [0.3, 0.4) is 0 Å². The number of halogens is 1. The van der Waals surface area contributed by atoms with E-state index in [2.05, 4.69) is 45.2 Å². The molecule has 0 atom stereocenters. The highest BCUT2D eigenvalue weighted by atomic mass is 79.9. The molecule has 3 heterocycles. The fourth-order valence-electron chi connectivity index (χ4n) is 4.52. The van der Waals surface area contributed by atoms with E-state index < -0.39 is 0 Å². The Bertz CT molecular complexity index is 790. The summed E-state index contributed by atoms with van der Waals surface area (Å²) < 4.78 is 1.13. The van der Waals surface area contributed by atoms with Crippen molar-refractivity contribution in [1.82, 2.24) is 4.98 Å². The molecule has 0 N–H and O–H groups in total. The highest BCUT2D eigenvalue weighted by Gasteiger charge is 2.52. The summed E-state index contributed by atoms with van der Waals surface area (Å²) in [6, 6.07) is 6.44. The second-order valence-electron chi connectivity index (χ2n) is 6.33. The maximum atomic E-state index is 4.88. The first-order chi connectivity index (χ1) is 10.3. The van der Waals surface area contributed by atoms with Gasteiger partial charge in [0, 0.05) is 22.0 Å². The molecule has 0 radical (unpaired) electrons.